The van der Waals surface area contributed by atoms with Crippen LogP contribution in [0, 0.1) is 11.3 Å². The fourth-order valence-corrected chi connectivity index (χ4v) is 7.51. The maximum Gasteiger partial charge on any atom is 0.494 e. The Bertz CT molecular complexity index is 1830. The van der Waals surface area contributed by atoms with Crippen molar-refractivity contribution >= 4 is 40.5 Å². The summed E-state index contributed by atoms with van der Waals surface area (Å²) in [5, 5.41) is 12.4. The molecule has 45 heavy (non-hydrogen) atoms. The molecular formula is C35H42BN3O6. The van der Waals surface area contributed by atoms with E-state index in [0.29, 0.717) is 32.0 Å². The van der Waals surface area contributed by atoms with Gasteiger partial charge in [-0.1, -0.05) is 45.0 Å². The van der Waals surface area contributed by atoms with Crippen LogP contribution in [0.2, 0.25) is 0 Å². The molecule has 4 heterocycles. The Kier molecular flexibility index (Phi) is 6.65. The Morgan fingerprint density at radius 2 is 1.82 bits per heavy atom. The van der Waals surface area contributed by atoms with Crippen LogP contribution in [0.1, 0.15) is 66.3 Å². The maximum atomic E-state index is 12.6. The summed E-state index contributed by atoms with van der Waals surface area (Å²) in [4.78, 5) is 22.9. The minimum atomic E-state index is -0.948. The number of aromatic amines is 1. The van der Waals surface area contributed by atoms with Crippen molar-refractivity contribution in [2.75, 3.05) is 20.3 Å². The first kappa shape index (κ1) is 30.1. The lowest BCUT2D eigenvalue weighted by atomic mass is 9.70. The van der Waals surface area contributed by atoms with Crippen molar-refractivity contribution in [3.63, 3.8) is 0 Å². The van der Waals surface area contributed by atoms with Crippen molar-refractivity contribution in [1.29, 1.82) is 0 Å². The zero-order chi connectivity index (χ0) is 32.1. The number of nitrogens with one attached hydrogen (secondary N) is 1. The number of carbonyl (C=O) groups is 1. The van der Waals surface area contributed by atoms with Crippen LogP contribution in [-0.2, 0) is 26.2 Å². The molecule has 236 valence electrons. The molecule has 2 saturated heterocycles. The molecule has 3 aliphatic rings. The van der Waals surface area contributed by atoms with E-state index >= 15 is 0 Å². The zero-order valence-corrected chi connectivity index (χ0v) is 27.4. The van der Waals surface area contributed by atoms with E-state index in [4.69, 9.17) is 23.8 Å². The lowest BCUT2D eigenvalue weighted by Gasteiger charge is -2.45. The van der Waals surface area contributed by atoms with Crippen LogP contribution in [0.15, 0.2) is 42.5 Å². The molecule has 2 fully saturated rings. The molecule has 7 rings (SSSR count). The highest BCUT2D eigenvalue weighted by Gasteiger charge is 2.58. The maximum absolute atomic E-state index is 12.6. The van der Waals surface area contributed by atoms with Gasteiger partial charge in [-0.15, -0.1) is 0 Å². The average molecular weight is 612 g/mol. The molecule has 9 nitrogen and oxygen atoms in total. The minimum Gasteiger partial charge on any atom is -0.488 e. The summed E-state index contributed by atoms with van der Waals surface area (Å²) in [6, 6.07) is 14.7. The van der Waals surface area contributed by atoms with E-state index in [1.165, 1.54) is 0 Å². The SMILES string of the molecule is COC[C@@H]1CN(C(=O)O)[C@](c2nc3c(ccc4cc5c(cc43)OCc3cc(B4OC(C)(C)C(C)(C)O4)ccc3-5)[nH]2)(C(C)(C)C)C1. The van der Waals surface area contributed by atoms with E-state index < -0.39 is 35.4 Å². The van der Waals surface area contributed by atoms with E-state index in [1.54, 1.807) is 12.0 Å². The number of likely N-dealkylation sites (tertiary alicyclic amines) is 1. The Labute approximate surface area is 264 Å². The molecule has 0 unspecified atom stereocenters. The normalized spacial score (nSPS) is 23.8. The lowest BCUT2D eigenvalue weighted by Crippen LogP contribution is -2.53. The van der Waals surface area contributed by atoms with Crippen LogP contribution in [0.4, 0.5) is 4.79 Å². The Hall–Kier alpha value is -3.60. The van der Waals surface area contributed by atoms with Gasteiger partial charge in [-0.2, -0.15) is 0 Å². The number of hydrogen-bond acceptors (Lipinski definition) is 6. The molecule has 10 heteroatoms. The number of fused-ring (bicyclic) bond motifs is 6. The summed E-state index contributed by atoms with van der Waals surface area (Å²) in [5.74, 6) is 1.54. The lowest BCUT2D eigenvalue weighted by molar-refractivity contribution is 0.00578. The topological polar surface area (TPSA) is 106 Å². The van der Waals surface area contributed by atoms with Crippen molar-refractivity contribution in [1.82, 2.24) is 14.9 Å². The summed E-state index contributed by atoms with van der Waals surface area (Å²) in [6.07, 6.45) is -0.325. The van der Waals surface area contributed by atoms with Crippen LogP contribution in [0.5, 0.6) is 5.75 Å². The van der Waals surface area contributed by atoms with Crippen LogP contribution in [0.25, 0.3) is 32.9 Å². The fourth-order valence-electron chi connectivity index (χ4n) is 7.51. The van der Waals surface area contributed by atoms with Gasteiger partial charge in [0, 0.05) is 30.5 Å². The van der Waals surface area contributed by atoms with Crippen LogP contribution >= 0.6 is 0 Å². The molecule has 2 atom stereocenters. The van der Waals surface area contributed by atoms with Crippen LogP contribution in [0.3, 0.4) is 0 Å². The standard InChI is InChI=1S/C35H42BN3O6/c1-32(2,3)35(16-20(18-42-8)17-39(35)31(40)41)30-37-27-12-9-21-14-26-24-11-10-23(36-44-33(4,5)34(6,7)45-36)13-22(24)19-43-28(26)15-25(21)29(27)38-30/h9-15,20H,16-19H2,1-8H3,(H,37,38)(H,40,41)/t20-,35+/m0/s1. The number of H-pyrrole nitrogens is 1. The quantitative estimate of drug-likeness (QED) is 0.255. The second-order valence-corrected chi connectivity index (χ2v) is 14.9. The first-order chi connectivity index (χ1) is 21.1. The van der Waals surface area contributed by atoms with Gasteiger partial charge in [0.25, 0.3) is 0 Å². The molecule has 4 aromatic rings. The third-order valence-corrected chi connectivity index (χ3v) is 10.6. The van der Waals surface area contributed by atoms with Gasteiger partial charge in [-0.05, 0) is 79.7 Å². The van der Waals surface area contributed by atoms with Crippen LogP contribution in [-0.4, -0.2) is 64.6 Å². The molecule has 0 bridgehead atoms. The number of imidazole rings is 1. The Balaban J connectivity index is 1.30. The number of carboxylic acid groups (broad SMARTS) is 1. The van der Waals surface area contributed by atoms with Crippen molar-refractivity contribution in [3.8, 4) is 16.9 Å². The molecule has 2 N–H and O–H groups in total. The summed E-state index contributed by atoms with van der Waals surface area (Å²) < 4.78 is 24.4. The minimum absolute atomic E-state index is 0.0704. The van der Waals surface area contributed by atoms with Gasteiger partial charge in [0.15, 0.2) is 0 Å². The first-order valence-electron chi connectivity index (χ1n) is 15.7. The number of hydrogen-bond donors (Lipinski definition) is 2. The number of nitrogens with zero attached hydrogens (tertiary/aromatic N) is 2. The smallest absolute Gasteiger partial charge is 0.488 e. The van der Waals surface area contributed by atoms with Crippen LogP contribution < -0.4 is 10.2 Å². The Morgan fingerprint density at radius 3 is 2.49 bits per heavy atom. The molecule has 0 radical (unpaired) electrons. The second kappa shape index (κ2) is 9.95. The number of methoxy groups -OCH3 is 1. The summed E-state index contributed by atoms with van der Waals surface area (Å²) in [5.41, 5.74) is 3.81. The molecule has 1 amide bonds. The van der Waals surface area contributed by atoms with Gasteiger partial charge >= 0.3 is 13.2 Å². The van der Waals surface area contributed by atoms with E-state index in [2.05, 4.69) is 89.8 Å². The van der Waals surface area contributed by atoms with E-state index in [9.17, 15) is 9.90 Å². The van der Waals surface area contributed by atoms with Crippen molar-refractivity contribution in [2.45, 2.75) is 78.2 Å². The third-order valence-electron chi connectivity index (χ3n) is 10.6. The molecule has 3 aliphatic heterocycles. The average Bonchev–Trinajstić information content (AvgIpc) is 3.64. The highest BCUT2D eigenvalue weighted by atomic mass is 16.7. The number of ether oxygens (including phenoxy) is 2. The summed E-state index contributed by atoms with van der Waals surface area (Å²) in [6.45, 7) is 15.8. The summed E-state index contributed by atoms with van der Waals surface area (Å²) in [7, 11) is 1.23. The molecule has 0 aliphatic carbocycles. The first-order valence-corrected chi connectivity index (χ1v) is 15.7. The predicted molar refractivity (Wildman–Crippen MR) is 175 cm³/mol. The van der Waals surface area contributed by atoms with Gasteiger partial charge in [-0.25, -0.2) is 9.78 Å². The van der Waals surface area contributed by atoms with Gasteiger partial charge in [0.05, 0.1) is 28.8 Å². The second-order valence-electron chi connectivity index (χ2n) is 14.9. The van der Waals surface area contributed by atoms with Crippen molar-refractivity contribution in [2.24, 2.45) is 11.3 Å². The fraction of sp³-hybridized carbons (Fsp3) is 0.486. The molecule has 3 aromatic carbocycles. The number of aromatic nitrogens is 2. The monoisotopic (exact) mass is 611 g/mol. The van der Waals surface area contributed by atoms with Gasteiger partial charge < -0.3 is 28.9 Å². The number of amides is 1. The number of rotatable bonds is 4. The molecule has 1 aromatic heterocycles. The molecule has 0 spiro atoms. The third kappa shape index (κ3) is 4.47. The van der Waals surface area contributed by atoms with E-state index in [0.717, 1.165) is 49.7 Å². The largest absolute Gasteiger partial charge is 0.494 e. The summed E-state index contributed by atoms with van der Waals surface area (Å²) >= 11 is 0. The molecule has 0 saturated carbocycles. The number of benzene rings is 3. The highest BCUT2D eigenvalue weighted by molar-refractivity contribution is 6.62. The van der Waals surface area contributed by atoms with Gasteiger partial charge in [0.2, 0.25) is 0 Å². The van der Waals surface area contributed by atoms with Crippen molar-refractivity contribution in [3.05, 3.63) is 53.9 Å². The van der Waals surface area contributed by atoms with Crippen molar-refractivity contribution < 1.29 is 28.7 Å². The molecular weight excluding hydrogens is 569 g/mol. The highest BCUT2D eigenvalue weighted by Crippen LogP contribution is 2.53. The predicted octanol–water partition coefficient (Wildman–Crippen LogP) is 6.46. The van der Waals surface area contributed by atoms with E-state index in [1.807, 2.05) is 6.07 Å². The van der Waals surface area contributed by atoms with Gasteiger partial charge in [-0.3, -0.25) is 4.90 Å². The zero-order valence-electron chi connectivity index (χ0n) is 27.4. The Morgan fingerprint density at radius 1 is 1.09 bits per heavy atom. The van der Waals surface area contributed by atoms with Gasteiger partial charge in [0.1, 0.15) is 23.7 Å². The van der Waals surface area contributed by atoms with E-state index in [-0.39, 0.29) is 5.92 Å².